The van der Waals surface area contributed by atoms with E-state index in [1.165, 1.54) is 0 Å². The van der Waals surface area contributed by atoms with Crippen molar-refractivity contribution in [2.24, 2.45) is 0 Å². The normalized spacial score (nSPS) is 25.9. The molecule has 0 aromatic carbocycles. The van der Waals surface area contributed by atoms with Gasteiger partial charge in [-0.25, -0.2) is 4.98 Å². The summed E-state index contributed by atoms with van der Waals surface area (Å²) in [5, 5.41) is 3.47. The number of halogens is 2. The second kappa shape index (κ2) is 5.02. The summed E-state index contributed by atoms with van der Waals surface area (Å²) in [6.45, 7) is 6.42. The number of nitrogens with zero attached hydrogens (tertiary/aromatic N) is 2. The Balaban J connectivity index is 2.28. The van der Waals surface area contributed by atoms with Crippen molar-refractivity contribution >= 4 is 37.7 Å². The molecule has 2 unspecified atom stereocenters. The van der Waals surface area contributed by atoms with Crippen molar-refractivity contribution in [1.29, 1.82) is 0 Å². The van der Waals surface area contributed by atoms with Gasteiger partial charge in [-0.2, -0.15) is 0 Å². The summed E-state index contributed by atoms with van der Waals surface area (Å²) in [6, 6.07) is 3.02. The second-order valence-corrected chi connectivity index (χ2v) is 6.04. The van der Waals surface area contributed by atoms with Crippen molar-refractivity contribution in [2.75, 3.05) is 18.0 Å². The van der Waals surface area contributed by atoms with Crippen LogP contribution < -0.4 is 10.2 Å². The Morgan fingerprint density at radius 1 is 1.44 bits per heavy atom. The second-order valence-electron chi connectivity index (χ2n) is 4.27. The smallest absolute Gasteiger partial charge is 0.143 e. The summed E-state index contributed by atoms with van der Waals surface area (Å²) in [7, 11) is 0. The topological polar surface area (TPSA) is 28.2 Å². The van der Waals surface area contributed by atoms with Crippen molar-refractivity contribution in [3.8, 4) is 0 Å². The number of pyridine rings is 1. The molecule has 1 aromatic rings. The first-order valence-electron chi connectivity index (χ1n) is 5.39. The predicted molar refractivity (Wildman–Crippen MR) is 73.9 cm³/mol. The maximum atomic E-state index is 4.49. The third-order valence-corrected chi connectivity index (χ3v) is 3.84. The van der Waals surface area contributed by atoms with Crippen molar-refractivity contribution in [3.05, 3.63) is 21.2 Å². The standard InChI is InChI=1S/C11H15Br2N3/c1-7-6-16(8(2)4-14-7)11-10(13)3-9(12)5-15-11/h3,5,7-8,14H,4,6H2,1-2H3. The zero-order valence-electron chi connectivity index (χ0n) is 9.37. The molecule has 1 aliphatic heterocycles. The van der Waals surface area contributed by atoms with Crippen LogP contribution in [0, 0.1) is 0 Å². The number of rotatable bonds is 1. The van der Waals surface area contributed by atoms with Gasteiger partial charge < -0.3 is 10.2 Å². The minimum Gasteiger partial charge on any atom is -0.350 e. The van der Waals surface area contributed by atoms with Gasteiger partial charge in [-0.1, -0.05) is 0 Å². The largest absolute Gasteiger partial charge is 0.350 e. The fraction of sp³-hybridized carbons (Fsp3) is 0.545. The molecule has 5 heteroatoms. The molecular weight excluding hydrogens is 334 g/mol. The minimum absolute atomic E-state index is 0.473. The molecule has 0 saturated carbocycles. The van der Waals surface area contributed by atoms with Crippen LogP contribution in [0.3, 0.4) is 0 Å². The summed E-state index contributed by atoms with van der Waals surface area (Å²) in [5.41, 5.74) is 0. The highest BCUT2D eigenvalue weighted by atomic mass is 79.9. The van der Waals surface area contributed by atoms with E-state index in [4.69, 9.17) is 0 Å². The fourth-order valence-corrected chi connectivity index (χ4v) is 3.15. The fourth-order valence-electron chi connectivity index (χ4n) is 1.94. The Kier molecular flexibility index (Phi) is 3.87. The van der Waals surface area contributed by atoms with Crippen LogP contribution in [0.2, 0.25) is 0 Å². The first-order valence-corrected chi connectivity index (χ1v) is 6.97. The van der Waals surface area contributed by atoms with Gasteiger partial charge in [0.05, 0.1) is 4.47 Å². The van der Waals surface area contributed by atoms with Crippen LogP contribution >= 0.6 is 31.9 Å². The summed E-state index contributed by atoms with van der Waals surface area (Å²) in [6.07, 6.45) is 1.85. The van der Waals surface area contributed by atoms with Gasteiger partial charge in [-0.05, 0) is 51.8 Å². The van der Waals surface area contributed by atoms with Crippen LogP contribution in [0.5, 0.6) is 0 Å². The molecule has 1 aliphatic rings. The molecule has 0 spiro atoms. The molecule has 2 heterocycles. The molecule has 1 N–H and O–H groups in total. The van der Waals surface area contributed by atoms with Gasteiger partial charge in [0.25, 0.3) is 0 Å². The van der Waals surface area contributed by atoms with E-state index in [0.717, 1.165) is 27.9 Å². The molecule has 1 aromatic heterocycles. The molecule has 3 nitrogen and oxygen atoms in total. The molecule has 88 valence electrons. The van der Waals surface area contributed by atoms with Crippen LogP contribution in [0.15, 0.2) is 21.2 Å². The van der Waals surface area contributed by atoms with E-state index in [1.807, 2.05) is 12.3 Å². The lowest BCUT2D eigenvalue weighted by Gasteiger charge is -2.38. The lowest BCUT2D eigenvalue weighted by atomic mass is 10.1. The first kappa shape index (κ1) is 12.3. The highest BCUT2D eigenvalue weighted by molar-refractivity contribution is 9.11. The molecule has 0 radical (unpaired) electrons. The van der Waals surface area contributed by atoms with E-state index in [0.29, 0.717) is 12.1 Å². The van der Waals surface area contributed by atoms with Crippen molar-refractivity contribution < 1.29 is 0 Å². The van der Waals surface area contributed by atoms with Gasteiger partial charge in [0.1, 0.15) is 5.82 Å². The molecule has 2 rings (SSSR count). The number of piperazine rings is 1. The van der Waals surface area contributed by atoms with Crippen LogP contribution in [0.4, 0.5) is 5.82 Å². The molecule has 0 amide bonds. The van der Waals surface area contributed by atoms with Gasteiger partial charge in [0.2, 0.25) is 0 Å². The third kappa shape index (κ3) is 2.57. The van der Waals surface area contributed by atoms with E-state index in [-0.39, 0.29) is 0 Å². The molecule has 0 aliphatic carbocycles. The Morgan fingerprint density at radius 2 is 2.19 bits per heavy atom. The molecule has 2 atom stereocenters. The van der Waals surface area contributed by atoms with Crippen LogP contribution in [0.25, 0.3) is 0 Å². The van der Waals surface area contributed by atoms with Gasteiger partial charge in [-0.3, -0.25) is 0 Å². The van der Waals surface area contributed by atoms with E-state index in [1.54, 1.807) is 0 Å². The third-order valence-electron chi connectivity index (χ3n) is 2.82. The molecule has 0 bridgehead atoms. The lowest BCUT2D eigenvalue weighted by molar-refractivity contribution is 0.422. The number of hydrogen-bond donors (Lipinski definition) is 1. The average molecular weight is 349 g/mol. The van der Waals surface area contributed by atoms with Crippen molar-refractivity contribution in [1.82, 2.24) is 10.3 Å². The SMILES string of the molecule is CC1CN(c2ncc(Br)cc2Br)C(C)CN1. The molecular formula is C11H15Br2N3. The van der Waals surface area contributed by atoms with Gasteiger partial charge in [0, 0.05) is 35.8 Å². The number of hydrogen-bond acceptors (Lipinski definition) is 3. The maximum Gasteiger partial charge on any atom is 0.143 e. The van der Waals surface area contributed by atoms with E-state index >= 15 is 0 Å². The average Bonchev–Trinajstić information content (AvgIpc) is 2.22. The Labute approximate surface area is 113 Å². The van der Waals surface area contributed by atoms with Crippen molar-refractivity contribution in [2.45, 2.75) is 25.9 Å². The van der Waals surface area contributed by atoms with Crippen molar-refractivity contribution in [3.63, 3.8) is 0 Å². The Bertz CT molecular complexity index is 383. The number of aromatic nitrogens is 1. The van der Waals surface area contributed by atoms with Crippen LogP contribution in [-0.4, -0.2) is 30.2 Å². The highest BCUT2D eigenvalue weighted by Crippen LogP contribution is 2.28. The quantitative estimate of drug-likeness (QED) is 0.845. The summed E-state index contributed by atoms with van der Waals surface area (Å²) < 4.78 is 2.04. The number of nitrogens with one attached hydrogen (secondary N) is 1. The van der Waals surface area contributed by atoms with Gasteiger partial charge in [-0.15, -0.1) is 0 Å². The molecule has 1 fully saturated rings. The maximum absolute atomic E-state index is 4.49. The van der Waals surface area contributed by atoms with E-state index in [9.17, 15) is 0 Å². The molecule has 1 saturated heterocycles. The first-order chi connectivity index (χ1) is 7.58. The monoisotopic (exact) mass is 347 g/mol. The van der Waals surface area contributed by atoms with Gasteiger partial charge in [0.15, 0.2) is 0 Å². The van der Waals surface area contributed by atoms with Crippen LogP contribution in [-0.2, 0) is 0 Å². The molecule has 16 heavy (non-hydrogen) atoms. The summed E-state index contributed by atoms with van der Waals surface area (Å²) >= 11 is 7.00. The van der Waals surface area contributed by atoms with E-state index < -0.39 is 0 Å². The summed E-state index contributed by atoms with van der Waals surface area (Å²) in [4.78, 5) is 6.84. The zero-order chi connectivity index (χ0) is 11.7. The Morgan fingerprint density at radius 3 is 2.88 bits per heavy atom. The summed E-state index contributed by atoms with van der Waals surface area (Å²) in [5.74, 6) is 1.03. The lowest BCUT2D eigenvalue weighted by Crippen LogP contribution is -2.54. The highest BCUT2D eigenvalue weighted by Gasteiger charge is 2.24. The van der Waals surface area contributed by atoms with E-state index in [2.05, 4.69) is 60.9 Å². The zero-order valence-corrected chi connectivity index (χ0v) is 12.5. The minimum atomic E-state index is 0.473. The van der Waals surface area contributed by atoms with Gasteiger partial charge >= 0.3 is 0 Å². The Hall–Kier alpha value is -0.130. The number of anilines is 1. The predicted octanol–water partition coefficient (Wildman–Crippen LogP) is 2.79. The van der Waals surface area contributed by atoms with Crippen LogP contribution in [0.1, 0.15) is 13.8 Å².